The normalized spacial score (nSPS) is 30.4. The van der Waals surface area contributed by atoms with Crippen LogP contribution >= 0.6 is 7.82 Å². The number of rotatable bonds is 7. The second-order valence-electron chi connectivity index (χ2n) is 9.84. The minimum Gasteiger partial charge on any atom is -0.381 e. The molecule has 0 spiro atoms. The van der Waals surface area contributed by atoms with Gasteiger partial charge < -0.3 is 20.3 Å². The van der Waals surface area contributed by atoms with Crippen LogP contribution in [0.2, 0.25) is 0 Å². The molecule has 0 amide bonds. The van der Waals surface area contributed by atoms with Crippen LogP contribution < -0.4 is 5.73 Å². The van der Waals surface area contributed by atoms with Gasteiger partial charge in [-0.2, -0.15) is 0 Å². The summed E-state index contributed by atoms with van der Waals surface area (Å²) in [5.74, 6) is 2.00. The molecule has 1 saturated carbocycles. The van der Waals surface area contributed by atoms with E-state index in [1.165, 1.54) is 55.2 Å². The zero-order valence-electron chi connectivity index (χ0n) is 17.8. The maximum atomic E-state index is 11.0. The minimum atomic E-state index is -4.48. The topological polar surface area (TPSA) is 102 Å². The van der Waals surface area contributed by atoms with Crippen LogP contribution in [-0.2, 0) is 26.7 Å². The summed E-state index contributed by atoms with van der Waals surface area (Å²) in [6.45, 7) is 1.79. The van der Waals surface area contributed by atoms with Gasteiger partial charge in [-0.25, -0.2) is 4.57 Å². The molecular weight excluding hydrogens is 401 g/mol. The Morgan fingerprint density at radius 1 is 1.10 bits per heavy atom. The molecule has 0 aromatic heterocycles. The second-order valence-corrected chi connectivity index (χ2v) is 11.1. The van der Waals surface area contributed by atoms with Gasteiger partial charge in [0.15, 0.2) is 0 Å². The second kappa shape index (κ2) is 9.40. The molecule has 2 aliphatic carbocycles. The monoisotopic (exact) mass is 437 g/mol. The third-order valence-corrected chi connectivity index (χ3v) is 7.99. The maximum Gasteiger partial charge on any atom is 0.469 e. The smallest absolute Gasteiger partial charge is 0.381 e. The summed E-state index contributed by atoms with van der Waals surface area (Å²) in [5, 5.41) is 0. The van der Waals surface area contributed by atoms with Gasteiger partial charge in [-0.1, -0.05) is 24.6 Å². The predicted octanol–water partition coefficient (Wildman–Crippen LogP) is 4.07. The van der Waals surface area contributed by atoms with Crippen molar-refractivity contribution in [3.05, 3.63) is 34.9 Å². The Hall–Kier alpha value is -0.750. The Balaban J connectivity index is 1.31. The first-order valence-corrected chi connectivity index (χ1v) is 13.0. The van der Waals surface area contributed by atoms with Gasteiger partial charge >= 0.3 is 7.82 Å². The van der Waals surface area contributed by atoms with Gasteiger partial charge in [-0.15, -0.1) is 0 Å². The molecule has 1 saturated heterocycles. The Kier molecular flexibility index (Phi) is 7.03. The molecule has 168 valence electrons. The third-order valence-electron chi connectivity index (χ3n) is 7.52. The summed E-state index contributed by atoms with van der Waals surface area (Å²) >= 11 is 0. The molecule has 6 nitrogen and oxygen atoms in total. The van der Waals surface area contributed by atoms with E-state index in [1.54, 1.807) is 0 Å². The van der Waals surface area contributed by atoms with Crippen molar-refractivity contribution in [1.82, 2.24) is 0 Å². The average Bonchev–Trinajstić information content (AvgIpc) is 3.13. The van der Waals surface area contributed by atoms with Crippen LogP contribution in [-0.4, -0.2) is 35.1 Å². The Labute approximate surface area is 179 Å². The van der Waals surface area contributed by atoms with Crippen molar-refractivity contribution in [2.45, 2.75) is 75.7 Å². The quantitative estimate of drug-likeness (QED) is 0.556. The van der Waals surface area contributed by atoms with Crippen LogP contribution in [0.5, 0.6) is 0 Å². The van der Waals surface area contributed by atoms with E-state index >= 15 is 0 Å². The maximum absolute atomic E-state index is 11.0. The highest BCUT2D eigenvalue weighted by Gasteiger charge is 2.38. The van der Waals surface area contributed by atoms with Gasteiger partial charge in [0.2, 0.25) is 0 Å². The van der Waals surface area contributed by atoms with Gasteiger partial charge in [0.25, 0.3) is 0 Å². The molecule has 1 aromatic carbocycles. The van der Waals surface area contributed by atoms with Gasteiger partial charge in [-0.3, -0.25) is 4.52 Å². The fourth-order valence-corrected chi connectivity index (χ4v) is 6.07. The van der Waals surface area contributed by atoms with E-state index in [2.05, 4.69) is 18.2 Å². The summed E-state index contributed by atoms with van der Waals surface area (Å²) in [4.78, 5) is 17.9. The van der Waals surface area contributed by atoms with E-state index < -0.39 is 13.4 Å². The van der Waals surface area contributed by atoms with E-state index in [1.807, 2.05) is 0 Å². The van der Waals surface area contributed by atoms with E-state index in [-0.39, 0.29) is 6.61 Å². The molecule has 4 N–H and O–H groups in total. The standard InChI is InChI=1S/C23H36NO5P/c24-23(16-29-30(25,26)27)10-7-22(15-23)21-6-5-19-13-18(3-4-20(19)14-21)2-1-17-8-11-28-12-9-17/h5-6,14,17-18,22H,1-4,7-13,15-16,24H2,(H2,25,26,27)/t18-,22+,23-/m1/s1. The molecule has 0 radical (unpaired) electrons. The SMILES string of the molecule is N[C@]1(COP(=O)(O)O)CC[C@H](c2ccc3c(c2)CC[C@@H](CCC2CCOCC2)C3)C1. The lowest BCUT2D eigenvalue weighted by Gasteiger charge is -2.28. The zero-order valence-corrected chi connectivity index (χ0v) is 18.7. The zero-order chi connectivity index (χ0) is 21.2. The molecule has 0 unspecified atom stereocenters. The first-order valence-electron chi connectivity index (χ1n) is 11.5. The van der Waals surface area contributed by atoms with Crippen LogP contribution in [0.1, 0.15) is 74.0 Å². The van der Waals surface area contributed by atoms with Crippen molar-refractivity contribution in [2.75, 3.05) is 19.8 Å². The van der Waals surface area contributed by atoms with Crippen LogP contribution in [0.25, 0.3) is 0 Å². The first kappa shape index (κ1) is 22.4. The fourth-order valence-electron chi connectivity index (χ4n) is 5.64. The lowest BCUT2D eigenvalue weighted by atomic mass is 9.78. The molecule has 1 heterocycles. The summed E-state index contributed by atoms with van der Waals surface area (Å²) in [5.41, 5.74) is 10.0. The van der Waals surface area contributed by atoms with Gasteiger partial charge in [0.1, 0.15) is 0 Å². The van der Waals surface area contributed by atoms with Crippen molar-refractivity contribution in [1.29, 1.82) is 0 Å². The highest BCUT2D eigenvalue weighted by molar-refractivity contribution is 7.46. The molecule has 30 heavy (non-hydrogen) atoms. The molecule has 2 fully saturated rings. The first-order chi connectivity index (χ1) is 14.3. The summed E-state index contributed by atoms with van der Waals surface area (Å²) in [6, 6.07) is 6.93. The van der Waals surface area contributed by atoms with Crippen molar-refractivity contribution in [3.63, 3.8) is 0 Å². The minimum absolute atomic E-state index is 0.0898. The Morgan fingerprint density at radius 3 is 2.63 bits per heavy atom. The molecule has 0 bridgehead atoms. The summed E-state index contributed by atoms with van der Waals surface area (Å²) in [7, 11) is -4.48. The van der Waals surface area contributed by atoms with Crippen LogP contribution in [0.3, 0.4) is 0 Å². The molecule has 1 aromatic rings. The molecule has 4 rings (SSSR count). The average molecular weight is 438 g/mol. The van der Waals surface area contributed by atoms with Gasteiger partial charge in [0, 0.05) is 18.8 Å². The van der Waals surface area contributed by atoms with Crippen LogP contribution in [0, 0.1) is 11.8 Å². The van der Waals surface area contributed by atoms with Crippen molar-refractivity contribution < 1.29 is 23.6 Å². The van der Waals surface area contributed by atoms with Crippen LogP contribution in [0.15, 0.2) is 18.2 Å². The van der Waals surface area contributed by atoms with Crippen molar-refractivity contribution >= 4 is 7.82 Å². The number of hydrogen-bond acceptors (Lipinski definition) is 4. The highest BCUT2D eigenvalue weighted by Crippen LogP contribution is 2.44. The highest BCUT2D eigenvalue weighted by atomic mass is 31.2. The van der Waals surface area contributed by atoms with E-state index in [0.717, 1.165) is 44.3 Å². The van der Waals surface area contributed by atoms with Gasteiger partial charge in [-0.05, 0) is 92.2 Å². The number of benzene rings is 1. The van der Waals surface area contributed by atoms with Crippen molar-refractivity contribution in [2.24, 2.45) is 17.6 Å². The molecular formula is C23H36NO5P. The number of fused-ring (bicyclic) bond motifs is 1. The van der Waals surface area contributed by atoms with E-state index in [9.17, 15) is 4.57 Å². The molecule has 3 atom stereocenters. The molecule has 1 aliphatic heterocycles. The fraction of sp³-hybridized carbons (Fsp3) is 0.739. The number of phosphoric ester groups is 1. The lowest BCUT2D eigenvalue weighted by molar-refractivity contribution is 0.0616. The van der Waals surface area contributed by atoms with Gasteiger partial charge in [0.05, 0.1) is 6.61 Å². The Bertz CT molecular complexity index is 775. The summed E-state index contributed by atoms with van der Waals surface area (Å²) in [6.07, 6.45) is 11.1. The largest absolute Gasteiger partial charge is 0.469 e. The number of aryl methyl sites for hydroxylation is 1. The Morgan fingerprint density at radius 2 is 1.87 bits per heavy atom. The predicted molar refractivity (Wildman–Crippen MR) is 116 cm³/mol. The molecule has 3 aliphatic rings. The number of ether oxygens (including phenoxy) is 1. The number of nitrogens with two attached hydrogens (primary N) is 1. The van der Waals surface area contributed by atoms with Crippen molar-refractivity contribution in [3.8, 4) is 0 Å². The number of phosphoric acid groups is 1. The third kappa shape index (κ3) is 5.93. The van der Waals surface area contributed by atoms with E-state index in [0.29, 0.717) is 12.3 Å². The van der Waals surface area contributed by atoms with Crippen LogP contribution in [0.4, 0.5) is 0 Å². The van der Waals surface area contributed by atoms with E-state index in [4.69, 9.17) is 24.8 Å². The number of hydrogen-bond donors (Lipinski definition) is 3. The lowest BCUT2D eigenvalue weighted by Crippen LogP contribution is -2.41. The summed E-state index contributed by atoms with van der Waals surface area (Å²) < 4.78 is 21.2. The molecule has 7 heteroatoms.